The molecule has 1 fully saturated rings. The first-order chi connectivity index (χ1) is 11.5. The minimum absolute atomic E-state index is 0.0634. The lowest BCUT2D eigenvalue weighted by atomic mass is 10.0. The normalized spacial score (nSPS) is 17.8. The van der Waals surface area contributed by atoms with E-state index >= 15 is 0 Å². The summed E-state index contributed by atoms with van der Waals surface area (Å²) in [6.07, 6.45) is 2.26. The van der Waals surface area contributed by atoms with Crippen LogP contribution < -0.4 is 4.90 Å². The van der Waals surface area contributed by atoms with Gasteiger partial charge in [0.1, 0.15) is 6.54 Å². The molecule has 0 N–H and O–H groups in total. The maximum absolute atomic E-state index is 12.4. The Morgan fingerprint density at radius 1 is 1.29 bits per heavy atom. The second-order valence-electron chi connectivity index (χ2n) is 6.67. The summed E-state index contributed by atoms with van der Waals surface area (Å²) in [6, 6.07) is 7.95. The Kier molecular flexibility index (Phi) is 4.78. The van der Waals surface area contributed by atoms with Gasteiger partial charge in [0.2, 0.25) is 11.7 Å². The molecular weight excluding hydrogens is 304 g/mol. The topological polar surface area (TPSA) is 67.2 Å². The molecular formula is C17H24N6O. The van der Waals surface area contributed by atoms with E-state index in [2.05, 4.69) is 22.3 Å². The van der Waals surface area contributed by atoms with E-state index in [-0.39, 0.29) is 12.5 Å². The number of piperidine rings is 1. The van der Waals surface area contributed by atoms with Gasteiger partial charge in [-0.25, -0.2) is 0 Å². The lowest BCUT2D eigenvalue weighted by Gasteiger charge is -2.30. The Morgan fingerprint density at radius 2 is 2.04 bits per heavy atom. The van der Waals surface area contributed by atoms with E-state index in [4.69, 9.17) is 0 Å². The van der Waals surface area contributed by atoms with Crippen LogP contribution in [-0.4, -0.2) is 58.2 Å². The summed E-state index contributed by atoms with van der Waals surface area (Å²) in [5, 5.41) is 12.4. The molecule has 0 aliphatic carbocycles. The third-order valence-corrected chi connectivity index (χ3v) is 4.38. The molecule has 0 spiro atoms. The van der Waals surface area contributed by atoms with Gasteiger partial charge >= 0.3 is 0 Å². The van der Waals surface area contributed by atoms with E-state index in [1.54, 1.807) is 0 Å². The fourth-order valence-corrected chi connectivity index (χ4v) is 2.97. The van der Waals surface area contributed by atoms with Gasteiger partial charge in [0, 0.05) is 38.4 Å². The van der Waals surface area contributed by atoms with Crippen molar-refractivity contribution in [1.82, 2.24) is 25.1 Å². The minimum Gasteiger partial charge on any atom is -0.378 e. The molecule has 0 unspecified atom stereocenters. The Bertz CT molecular complexity index is 693. The number of carbonyl (C=O) groups excluding carboxylic acids is 1. The Hall–Kier alpha value is -2.44. The van der Waals surface area contributed by atoms with Gasteiger partial charge in [0.15, 0.2) is 0 Å². The highest BCUT2D eigenvalue weighted by Gasteiger charge is 2.21. The third-order valence-electron chi connectivity index (χ3n) is 4.38. The van der Waals surface area contributed by atoms with Crippen LogP contribution in [0, 0.1) is 5.92 Å². The molecule has 128 valence electrons. The molecule has 1 aliphatic rings. The Labute approximate surface area is 142 Å². The van der Waals surface area contributed by atoms with Gasteiger partial charge in [0.25, 0.3) is 0 Å². The Morgan fingerprint density at radius 3 is 2.71 bits per heavy atom. The highest BCUT2D eigenvalue weighted by Crippen LogP contribution is 2.19. The molecule has 1 aromatic heterocycles. The Balaban J connectivity index is 1.65. The summed E-state index contributed by atoms with van der Waals surface area (Å²) >= 11 is 0. The van der Waals surface area contributed by atoms with Crippen LogP contribution in [0.15, 0.2) is 24.3 Å². The molecule has 1 atom stereocenters. The predicted octanol–water partition coefficient (Wildman–Crippen LogP) is 1.66. The second-order valence-corrected chi connectivity index (χ2v) is 6.67. The van der Waals surface area contributed by atoms with Crippen LogP contribution in [0.3, 0.4) is 0 Å². The van der Waals surface area contributed by atoms with Gasteiger partial charge in [-0.3, -0.25) is 4.79 Å². The number of aromatic nitrogens is 4. The van der Waals surface area contributed by atoms with E-state index in [1.807, 2.05) is 48.2 Å². The molecule has 1 amide bonds. The minimum atomic E-state index is 0.0634. The summed E-state index contributed by atoms with van der Waals surface area (Å²) in [5.74, 6) is 1.17. The number of anilines is 1. The van der Waals surface area contributed by atoms with Crippen molar-refractivity contribution in [1.29, 1.82) is 0 Å². The number of tetrazole rings is 1. The molecule has 0 saturated carbocycles. The van der Waals surface area contributed by atoms with Crippen molar-refractivity contribution in [3.05, 3.63) is 24.3 Å². The zero-order valence-corrected chi connectivity index (χ0v) is 14.5. The molecule has 1 saturated heterocycles. The monoisotopic (exact) mass is 328 g/mol. The number of amides is 1. The van der Waals surface area contributed by atoms with E-state index in [1.165, 1.54) is 11.2 Å². The number of benzene rings is 1. The van der Waals surface area contributed by atoms with Crippen LogP contribution in [0.25, 0.3) is 11.4 Å². The van der Waals surface area contributed by atoms with Gasteiger partial charge in [0.05, 0.1) is 0 Å². The largest absolute Gasteiger partial charge is 0.378 e. The molecule has 3 rings (SSSR count). The van der Waals surface area contributed by atoms with Crippen molar-refractivity contribution in [2.24, 2.45) is 5.92 Å². The molecule has 2 aromatic rings. The number of carbonyl (C=O) groups is 1. The summed E-state index contributed by atoms with van der Waals surface area (Å²) in [7, 11) is 3.99. The first kappa shape index (κ1) is 16.4. The fourth-order valence-electron chi connectivity index (χ4n) is 2.97. The van der Waals surface area contributed by atoms with E-state index in [0.29, 0.717) is 11.7 Å². The lowest BCUT2D eigenvalue weighted by Crippen LogP contribution is -2.41. The highest BCUT2D eigenvalue weighted by atomic mass is 16.2. The maximum atomic E-state index is 12.4. The van der Waals surface area contributed by atoms with Gasteiger partial charge in [-0.2, -0.15) is 4.80 Å². The second kappa shape index (κ2) is 6.98. The molecule has 24 heavy (non-hydrogen) atoms. The summed E-state index contributed by atoms with van der Waals surface area (Å²) < 4.78 is 0. The average molecular weight is 328 g/mol. The van der Waals surface area contributed by atoms with Crippen molar-refractivity contribution < 1.29 is 4.79 Å². The summed E-state index contributed by atoms with van der Waals surface area (Å²) in [5.41, 5.74) is 2.01. The smallest absolute Gasteiger partial charge is 0.246 e. The van der Waals surface area contributed by atoms with Gasteiger partial charge < -0.3 is 9.80 Å². The molecule has 2 heterocycles. The van der Waals surface area contributed by atoms with E-state index < -0.39 is 0 Å². The van der Waals surface area contributed by atoms with E-state index in [9.17, 15) is 4.79 Å². The number of likely N-dealkylation sites (tertiary alicyclic amines) is 1. The summed E-state index contributed by atoms with van der Waals surface area (Å²) in [4.78, 5) is 17.7. The molecule has 7 nitrogen and oxygen atoms in total. The molecule has 1 aromatic carbocycles. The van der Waals surface area contributed by atoms with Crippen molar-refractivity contribution in [3.8, 4) is 11.4 Å². The van der Waals surface area contributed by atoms with Crippen LogP contribution >= 0.6 is 0 Å². The fraction of sp³-hybridized carbons (Fsp3) is 0.529. The van der Waals surface area contributed by atoms with Crippen molar-refractivity contribution >= 4 is 11.6 Å². The number of hydrogen-bond acceptors (Lipinski definition) is 5. The molecule has 0 bridgehead atoms. The number of nitrogens with zero attached hydrogens (tertiary/aromatic N) is 6. The van der Waals surface area contributed by atoms with Crippen molar-refractivity contribution in [2.75, 3.05) is 32.1 Å². The highest BCUT2D eigenvalue weighted by molar-refractivity contribution is 5.76. The first-order valence-electron chi connectivity index (χ1n) is 8.36. The van der Waals surface area contributed by atoms with Crippen LogP contribution in [0.1, 0.15) is 19.8 Å². The van der Waals surface area contributed by atoms with E-state index in [0.717, 1.165) is 30.8 Å². The number of rotatable bonds is 4. The maximum Gasteiger partial charge on any atom is 0.246 e. The SMILES string of the molecule is C[C@H]1CCCN(C(=O)Cn2nnc(-c3ccc(N(C)C)cc3)n2)C1. The third kappa shape index (κ3) is 3.72. The quantitative estimate of drug-likeness (QED) is 0.854. The lowest BCUT2D eigenvalue weighted by molar-refractivity contribution is -0.134. The number of hydrogen-bond donors (Lipinski definition) is 0. The van der Waals surface area contributed by atoms with Gasteiger partial charge in [-0.15, -0.1) is 10.2 Å². The molecule has 1 aliphatic heterocycles. The average Bonchev–Trinajstić information content (AvgIpc) is 3.03. The predicted molar refractivity (Wildman–Crippen MR) is 92.6 cm³/mol. The molecule has 0 radical (unpaired) electrons. The zero-order chi connectivity index (χ0) is 17.1. The zero-order valence-electron chi connectivity index (χ0n) is 14.5. The van der Waals surface area contributed by atoms with Crippen molar-refractivity contribution in [2.45, 2.75) is 26.3 Å². The van der Waals surface area contributed by atoms with Crippen molar-refractivity contribution in [3.63, 3.8) is 0 Å². The molecule has 7 heteroatoms. The first-order valence-corrected chi connectivity index (χ1v) is 8.36. The van der Waals surface area contributed by atoms with Crippen LogP contribution in [0.4, 0.5) is 5.69 Å². The van der Waals surface area contributed by atoms with Gasteiger partial charge in [-0.05, 0) is 48.2 Å². The standard InChI is InChI=1S/C17H24N6O/c1-13-5-4-10-22(11-13)16(24)12-23-19-17(18-20-23)14-6-8-15(9-7-14)21(2)3/h6-9,13H,4-5,10-12H2,1-3H3/t13-/m0/s1. The van der Waals surface area contributed by atoms with Crippen LogP contribution in [0.2, 0.25) is 0 Å². The van der Waals surface area contributed by atoms with Crippen LogP contribution in [0.5, 0.6) is 0 Å². The van der Waals surface area contributed by atoms with Crippen LogP contribution in [-0.2, 0) is 11.3 Å². The summed E-state index contributed by atoms with van der Waals surface area (Å²) in [6.45, 7) is 3.99. The van der Waals surface area contributed by atoms with Gasteiger partial charge in [-0.1, -0.05) is 6.92 Å².